The van der Waals surface area contributed by atoms with Crippen molar-refractivity contribution in [3.8, 4) is 5.75 Å². The van der Waals surface area contributed by atoms with Crippen molar-refractivity contribution in [1.82, 2.24) is 19.4 Å². The first-order valence-corrected chi connectivity index (χ1v) is 12.1. The highest BCUT2D eigenvalue weighted by molar-refractivity contribution is 6.06. The molecule has 8 heteroatoms. The number of nitrogens with one attached hydrogen (secondary N) is 1. The van der Waals surface area contributed by atoms with Crippen molar-refractivity contribution in [3.05, 3.63) is 106 Å². The molecule has 0 atom stereocenters. The van der Waals surface area contributed by atoms with Gasteiger partial charge < -0.3 is 14.6 Å². The number of methoxy groups -OCH3 is 1. The number of aryl methyl sites for hydroxylation is 1. The lowest BCUT2D eigenvalue weighted by molar-refractivity contribution is -0.121. The number of fused-ring (bicyclic) bond motifs is 3. The lowest BCUT2D eigenvalue weighted by Crippen LogP contribution is -2.30. The quantitative estimate of drug-likeness (QED) is 0.308. The predicted octanol–water partition coefficient (Wildman–Crippen LogP) is 4.30. The number of benzene rings is 3. The number of nitrogens with zero attached hydrogens (tertiary/aromatic N) is 3. The topological polar surface area (TPSA) is 78.2 Å². The summed E-state index contributed by atoms with van der Waals surface area (Å²) in [5.41, 5.74) is 3.05. The highest BCUT2D eigenvalue weighted by Gasteiger charge is 2.19. The Hall–Kier alpha value is -4.46. The van der Waals surface area contributed by atoms with E-state index in [0.29, 0.717) is 29.5 Å². The fourth-order valence-corrected chi connectivity index (χ4v) is 4.54. The molecule has 0 fully saturated rings. The Morgan fingerprint density at radius 3 is 2.57 bits per heavy atom. The number of carbonyl (C=O) groups excluding carboxylic acids is 1. The molecule has 0 saturated carbocycles. The third kappa shape index (κ3) is 5.23. The summed E-state index contributed by atoms with van der Waals surface area (Å²) in [6.45, 7) is 0.743. The molecule has 2 aromatic heterocycles. The van der Waals surface area contributed by atoms with Crippen LogP contribution in [0.2, 0.25) is 0 Å². The maximum Gasteiger partial charge on any atom is 0.278 e. The van der Waals surface area contributed by atoms with Crippen LogP contribution in [0.1, 0.15) is 17.5 Å². The van der Waals surface area contributed by atoms with E-state index in [9.17, 15) is 14.0 Å². The Bertz CT molecular complexity index is 1610. The van der Waals surface area contributed by atoms with E-state index in [1.54, 1.807) is 17.7 Å². The summed E-state index contributed by atoms with van der Waals surface area (Å²) < 4.78 is 22.4. The van der Waals surface area contributed by atoms with Crippen LogP contribution < -0.4 is 15.6 Å². The second kappa shape index (κ2) is 10.7. The first kappa shape index (κ1) is 24.2. The smallest absolute Gasteiger partial charge is 0.278 e. The van der Waals surface area contributed by atoms with Crippen LogP contribution in [0, 0.1) is 5.82 Å². The van der Waals surface area contributed by atoms with Crippen LogP contribution in [0.3, 0.4) is 0 Å². The van der Waals surface area contributed by atoms with Gasteiger partial charge in [-0.25, -0.2) is 9.37 Å². The van der Waals surface area contributed by atoms with Gasteiger partial charge in [0, 0.05) is 11.9 Å². The van der Waals surface area contributed by atoms with Gasteiger partial charge in [0.05, 0.1) is 25.5 Å². The average Bonchev–Trinajstić information content (AvgIpc) is 3.22. The van der Waals surface area contributed by atoms with E-state index in [1.165, 1.54) is 28.6 Å². The number of hydrogen-bond donors (Lipinski definition) is 1. The van der Waals surface area contributed by atoms with Crippen molar-refractivity contribution in [2.75, 3.05) is 13.7 Å². The maximum absolute atomic E-state index is 14.1. The molecule has 188 valence electrons. The van der Waals surface area contributed by atoms with Gasteiger partial charge in [0.25, 0.3) is 5.56 Å². The van der Waals surface area contributed by atoms with Gasteiger partial charge in [-0.3, -0.25) is 14.2 Å². The first-order valence-electron chi connectivity index (χ1n) is 12.1. The van der Waals surface area contributed by atoms with E-state index in [1.807, 2.05) is 42.5 Å². The molecule has 0 saturated heterocycles. The van der Waals surface area contributed by atoms with Crippen LogP contribution in [0.25, 0.3) is 21.9 Å². The first-order chi connectivity index (χ1) is 18.0. The second-order valence-electron chi connectivity index (χ2n) is 8.91. The average molecular weight is 499 g/mol. The van der Waals surface area contributed by atoms with Crippen molar-refractivity contribution in [1.29, 1.82) is 0 Å². The third-order valence-corrected chi connectivity index (χ3v) is 6.41. The monoisotopic (exact) mass is 498 g/mol. The predicted molar refractivity (Wildman–Crippen MR) is 141 cm³/mol. The van der Waals surface area contributed by atoms with Gasteiger partial charge in [-0.1, -0.05) is 42.5 Å². The number of halogens is 1. The molecule has 0 spiro atoms. The Morgan fingerprint density at radius 2 is 1.81 bits per heavy atom. The Labute approximate surface area is 213 Å². The normalized spacial score (nSPS) is 11.2. The van der Waals surface area contributed by atoms with Crippen LogP contribution in [-0.4, -0.2) is 33.7 Å². The van der Waals surface area contributed by atoms with Gasteiger partial charge in [0.15, 0.2) is 0 Å². The lowest BCUT2D eigenvalue weighted by atomic mass is 10.1. The van der Waals surface area contributed by atoms with E-state index in [-0.39, 0.29) is 23.5 Å². The molecule has 0 aliphatic heterocycles. The maximum atomic E-state index is 14.1. The van der Waals surface area contributed by atoms with Gasteiger partial charge in [-0.2, -0.15) is 0 Å². The minimum absolute atomic E-state index is 0.0690. The number of aromatic nitrogens is 3. The summed E-state index contributed by atoms with van der Waals surface area (Å²) in [5, 5.41) is 3.44. The van der Waals surface area contributed by atoms with Crippen LogP contribution >= 0.6 is 0 Å². The molecule has 1 N–H and O–H groups in total. The standard InChI is InChI=1S/C29H27FN4O3/c1-37-23-12-9-21(10-13-23)17-33-19-32-27-24-16-22(30)11-14-25(24)34(28(27)29(33)36)18-26(35)31-15-5-8-20-6-3-2-4-7-20/h2-4,6-7,9-14,16,19H,5,8,15,17-18H2,1H3,(H,31,35). The van der Waals surface area contributed by atoms with Gasteiger partial charge in [0.2, 0.25) is 5.91 Å². The van der Waals surface area contributed by atoms with Crippen molar-refractivity contribution >= 4 is 27.8 Å². The molecule has 7 nitrogen and oxygen atoms in total. The van der Waals surface area contributed by atoms with Crippen LogP contribution in [0.5, 0.6) is 5.75 Å². The highest BCUT2D eigenvalue weighted by Crippen LogP contribution is 2.26. The second-order valence-corrected chi connectivity index (χ2v) is 8.91. The van der Waals surface area contributed by atoms with Crippen molar-refractivity contribution in [2.45, 2.75) is 25.9 Å². The van der Waals surface area contributed by atoms with Crippen LogP contribution in [0.15, 0.2) is 83.9 Å². The minimum Gasteiger partial charge on any atom is -0.497 e. The SMILES string of the molecule is COc1ccc(Cn2cnc3c4cc(F)ccc4n(CC(=O)NCCCc4ccccc4)c3c2=O)cc1. The Balaban J connectivity index is 1.42. The molecule has 0 bridgehead atoms. The number of rotatable bonds is 9. The van der Waals surface area contributed by atoms with E-state index >= 15 is 0 Å². The fourth-order valence-electron chi connectivity index (χ4n) is 4.54. The van der Waals surface area contributed by atoms with E-state index in [0.717, 1.165) is 24.2 Å². The molecule has 0 aliphatic carbocycles. The zero-order valence-corrected chi connectivity index (χ0v) is 20.5. The molecular formula is C29H27FN4O3. The van der Waals surface area contributed by atoms with Gasteiger partial charge in [0.1, 0.15) is 29.1 Å². The molecule has 5 rings (SSSR count). The van der Waals surface area contributed by atoms with Crippen LogP contribution in [-0.2, 0) is 24.3 Å². The summed E-state index contributed by atoms with van der Waals surface area (Å²) >= 11 is 0. The summed E-state index contributed by atoms with van der Waals surface area (Å²) in [7, 11) is 1.60. The summed E-state index contributed by atoms with van der Waals surface area (Å²) in [5.74, 6) is 0.0730. The molecule has 0 radical (unpaired) electrons. The van der Waals surface area contributed by atoms with Crippen molar-refractivity contribution in [3.63, 3.8) is 0 Å². The highest BCUT2D eigenvalue weighted by atomic mass is 19.1. The van der Waals surface area contributed by atoms with Crippen molar-refractivity contribution in [2.24, 2.45) is 0 Å². The zero-order chi connectivity index (χ0) is 25.8. The van der Waals surface area contributed by atoms with Crippen molar-refractivity contribution < 1.29 is 13.9 Å². The lowest BCUT2D eigenvalue weighted by Gasteiger charge is -2.10. The van der Waals surface area contributed by atoms with E-state index in [4.69, 9.17) is 4.74 Å². The number of ether oxygens (including phenoxy) is 1. The third-order valence-electron chi connectivity index (χ3n) is 6.41. The molecule has 0 aliphatic rings. The molecule has 0 unspecified atom stereocenters. The summed E-state index contributed by atoms with van der Waals surface area (Å²) in [6, 6.07) is 21.8. The number of carbonyl (C=O) groups is 1. The molecule has 1 amide bonds. The minimum atomic E-state index is -0.430. The van der Waals surface area contributed by atoms with Gasteiger partial charge in [-0.05, 0) is 54.3 Å². The Kier molecular flexibility index (Phi) is 6.98. The number of amides is 1. The fraction of sp³-hybridized carbons (Fsp3) is 0.207. The number of hydrogen-bond acceptors (Lipinski definition) is 4. The van der Waals surface area contributed by atoms with Gasteiger partial charge >= 0.3 is 0 Å². The molecule has 5 aromatic rings. The molecule has 2 heterocycles. The van der Waals surface area contributed by atoms with E-state index in [2.05, 4.69) is 22.4 Å². The Morgan fingerprint density at radius 1 is 1.03 bits per heavy atom. The zero-order valence-electron chi connectivity index (χ0n) is 20.5. The summed E-state index contributed by atoms with van der Waals surface area (Å²) in [6.07, 6.45) is 3.12. The van der Waals surface area contributed by atoms with Gasteiger partial charge in [-0.15, -0.1) is 0 Å². The molecule has 37 heavy (non-hydrogen) atoms. The largest absolute Gasteiger partial charge is 0.497 e. The van der Waals surface area contributed by atoms with E-state index < -0.39 is 5.82 Å². The molecular weight excluding hydrogens is 471 g/mol. The molecule has 3 aromatic carbocycles. The summed E-state index contributed by atoms with van der Waals surface area (Å²) in [4.78, 5) is 31.0. The van der Waals surface area contributed by atoms with Crippen LogP contribution in [0.4, 0.5) is 4.39 Å².